The van der Waals surface area contributed by atoms with Gasteiger partial charge in [-0.15, -0.1) is 11.3 Å². The van der Waals surface area contributed by atoms with E-state index in [0.717, 1.165) is 18.7 Å². The first-order chi connectivity index (χ1) is 9.08. The number of hydrogen-bond acceptors (Lipinski definition) is 5. The summed E-state index contributed by atoms with van der Waals surface area (Å²) in [5, 5.41) is 12.7. The van der Waals surface area contributed by atoms with Gasteiger partial charge in [0.05, 0.1) is 16.3 Å². The van der Waals surface area contributed by atoms with Crippen molar-refractivity contribution in [3.8, 4) is 0 Å². The molecular formula is C13H15N3O2S. The molecular weight excluding hydrogens is 262 g/mol. The molecule has 0 unspecified atom stereocenters. The van der Waals surface area contributed by atoms with Crippen LogP contribution in [0.15, 0.2) is 35.7 Å². The van der Waals surface area contributed by atoms with Crippen LogP contribution in [0.4, 0.5) is 17.1 Å². The molecule has 1 aromatic heterocycles. The number of likely N-dealkylation sites (N-methyl/N-ethyl adjacent to an activating group) is 1. The summed E-state index contributed by atoms with van der Waals surface area (Å²) in [4.78, 5) is 13.5. The van der Waals surface area contributed by atoms with Crippen molar-refractivity contribution in [3.63, 3.8) is 0 Å². The normalized spacial score (nSPS) is 10.4. The van der Waals surface area contributed by atoms with Crippen molar-refractivity contribution in [1.82, 2.24) is 0 Å². The van der Waals surface area contributed by atoms with Gasteiger partial charge in [-0.2, -0.15) is 0 Å². The van der Waals surface area contributed by atoms with Crippen molar-refractivity contribution < 1.29 is 4.92 Å². The molecule has 0 aliphatic carbocycles. The minimum Gasteiger partial charge on any atom is -0.397 e. The molecule has 2 N–H and O–H groups in total. The Morgan fingerprint density at radius 3 is 2.79 bits per heavy atom. The number of nitrogen functional groups attached to an aromatic ring is 1. The van der Waals surface area contributed by atoms with Crippen LogP contribution in [-0.2, 0) is 6.42 Å². The average Bonchev–Trinajstić information content (AvgIpc) is 2.88. The highest BCUT2D eigenvalue weighted by Crippen LogP contribution is 2.27. The maximum absolute atomic E-state index is 10.7. The van der Waals surface area contributed by atoms with Crippen molar-refractivity contribution in [1.29, 1.82) is 0 Å². The summed E-state index contributed by atoms with van der Waals surface area (Å²) in [5.41, 5.74) is 7.14. The van der Waals surface area contributed by atoms with Crippen LogP contribution < -0.4 is 10.6 Å². The number of non-ortho nitro benzene ring substituents is 1. The van der Waals surface area contributed by atoms with Crippen molar-refractivity contribution >= 4 is 28.4 Å². The first-order valence-corrected chi connectivity index (χ1v) is 6.73. The lowest BCUT2D eigenvalue weighted by Crippen LogP contribution is -2.21. The van der Waals surface area contributed by atoms with Gasteiger partial charge in [0.25, 0.3) is 5.69 Å². The second kappa shape index (κ2) is 5.71. The van der Waals surface area contributed by atoms with Crippen LogP contribution in [0.5, 0.6) is 0 Å². The van der Waals surface area contributed by atoms with Crippen LogP contribution in [0, 0.1) is 10.1 Å². The molecule has 2 aromatic rings. The van der Waals surface area contributed by atoms with Crippen molar-refractivity contribution in [2.24, 2.45) is 0 Å². The van der Waals surface area contributed by atoms with Crippen molar-refractivity contribution in [3.05, 3.63) is 50.7 Å². The van der Waals surface area contributed by atoms with Crippen molar-refractivity contribution in [2.75, 3.05) is 24.2 Å². The smallest absolute Gasteiger partial charge is 0.271 e. The van der Waals surface area contributed by atoms with Crippen LogP contribution in [-0.4, -0.2) is 18.5 Å². The van der Waals surface area contributed by atoms with Crippen LogP contribution in [0.25, 0.3) is 0 Å². The van der Waals surface area contributed by atoms with Gasteiger partial charge in [0, 0.05) is 30.6 Å². The summed E-state index contributed by atoms with van der Waals surface area (Å²) in [6.07, 6.45) is 0.935. The van der Waals surface area contributed by atoms with E-state index in [4.69, 9.17) is 5.73 Å². The summed E-state index contributed by atoms with van der Waals surface area (Å²) in [6.45, 7) is 0.822. The Hall–Kier alpha value is -2.08. The number of nitro groups is 1. The molecule has 0 saturated carbocycles. The Bertz CT molecular complexity index is 569. The molecule has 19 heavy (non-hydrogen) atoms. The molecule has 1 heterocycles. The Morgan fingerprint density at radius 2 is 2.21 bits per heavy atom. The Kier molecular flexibility index (Phi) is 4.01. The lowest BCUT2D eigenvalue weighted by atomic mass is 10.2. The molecule has 0 atom stereocenters. The number of anilines is 2. The predicted molar refractivity (Wildman–Crippen MR) is 78.8 cm³/mol. The van der Waals surface area contributed by atoms with E-state index in [9.17, 15) is 10.1 Å². The summed E-state index contributed by atoms with van der Waals surface area (Å²) in [5.74, 6) is 0. The molecule has 6 heteroatoms. The lowest BCUT2D eigenvalue weighted by Gasteiger charge is -2.20. The van der Waals surface area contributed by atoms with Gasteiger partial charge in [-0.05, 0) is 23.9 Å². The van der Waals surface area contributed by atoms with Crippen LogP contribution in [0.2, 0.25) is 0 Å². The zero-order chi connectivity index (χ0) is 13.8. The van der Waals surface area contributed by atoms with Crippen molar-refractivity contribution in [2.45, 2.75) is 6.42 Å². The second-order valence-corrected chi connectivity index (χ2v) is 5.28. The van der Waals surface area contributed by atoms with Gasteiger partial charge < -0.3 is 10.6 Å². The fourth-order valence-corrected chi connectivity index (χ4v) is 2.55. The molecule has 2 rings (SSSR count). The minimum absolute atomic E-state index is 0.0212. The molecule has 5 nitrogen and oxygen atoms in total. The highest BCUT2D eigenvalue weighted by molar-refractivity contribution is 7.09. The highest BCUT2D eigenvalue weighted by atomic mass is 32.1. The van der Waals surface area contributed by atoms with E-state index in [2.05, 4.69) is 11.4 Å². The minimum atomic E-state index is -0.439. The topological polar surface area (TPSA) is 72.4 Å². The third-order valence-corrected chi connectivity index (χ3v) is 3.84. The Balaban J connectivity index is 2.06. The third kappa shape index (κ3) is 3.23. The van der Waals surface area contributed by atoms with Gasteiger partial charge in [0.2, 0.25) is 0 Å². The fraction of sp³-hybridized carbons (Fsp3) is 0.231. The van der Waals surface area contributed by atoms with E-state index in [1.807, 2.05) is 18.0 Å². The second-order valence-electron chi connectivity index (χ2n) is 4.25. The molecule has 100 valence electrons. The number of rotatable bonds is 5. The number of hydrogen-bond donors (Lipinski definition) is 1. The maximum Gasteiger partial charge on any atom is 0.271 e. The van der Waals surface area contributed by atoms with E-state index in [0.29, 0.717) is 5.69 Å². The predicted octanol–water partition coefficient (Wildman–Crippen LogP) is 2.92. The zero-order valence-electron chi connectivity index (χ0n) is 10.6. The number of nitrogens with two attached hydrogens (primary N) is 1. The molecule has 0 radical (unpaired) electrons. The van der Waals surface area contributed by atoms with E-state index >= 15 is 0 Å². The fourth-order valence-electron chi connectivity index (χ4n) is 1.86. The lowest BCUT2D eigenvalue weighted by molar-refractivity contribution is -0.384. The van der Waals surface area contributed by atoms with E-state index in [1.165, 1.54) is 17.0 Å². The van der Waals surface area contributed by atoms with Gasteiger partial charge in [-0.25, -0.2) is 0 Å². The molecule has 0 saturated heterocycles. The van der Waals surface area contributed by atoms with Crippen LogP contribution >= 0.6 is 11.3 Å². The zero-order valence-corrected chi connectivity index (χ0v) is 11.4. The molecule has 0 bridgehead atoms. The standard InChI is InChI=1S/C13H15N3O2S/c1-15(7-6-11-3-2-8-19-11)13-5-4-10(16(17)18)9-12(13)14/h2-5,8-9H,6-7,14H2,1H3. The molecule has 0 aliphatic heterocycles. The number of nitro benzene ring substituents is 1. The van der Waals surface area contributed by atoms with Gasteiger partial charge in [-0.1, -0.05) is 6.07 Å². The summed E-state index contributed by atoms with van der Waals surface area (Å²) >= 11 is 1.72. The summed E-state index contributed by atoms with van der Waals surface area (Å²) < 4.78 is 0. The molecule has 1 aromatic carbocycles. The molecule has 0 fully saturated rings. The Morgan fingerprint density at radius 1 is 1.42 bits per heavy atom. The quantitative estimate of drug-likeness (QED) is 0.518. The molecule has 0 aliphatic rings. The SMILES string of the molecule is CN(CCc1cccs1)c1ccc([N+](=O)[O-])cc1N. The summed E-state index contributed by atoms with van der Waals surface area (Å²) in [6, 6.07) is 8.70. The summed E-state index contributed by atoms with van der Waals surface area (Å²) in [7, 11) is 1.94. The van der Waals surface area contributed by atoms with E-state index in [1.54, 1.807) is 17.4 Å². The average molecular weight is 277 g/mol. The van der Waals surface area contributed by atoms with Crippen LogP contribution in [0.3, 0.4) is 0 Å². The molecule has 0 spiro atoms. The van der Waals surface area contributed by atoms with Crippen LogP contribution in [0.1, 0.15) is 4.88 Å². The number of benzene rings is 1. The number of nitrogens with zero attached hydrogens (tertiary/aromatic N) is 2. The first-order valence-electron chi connectivity index (χ1n) is 5.85. The number of thiophene rings is 1. The largest absolute Gasteiger partial charge is 0.397 e. The van der Waals surface area contributed by atoms with Gasteiger partial charge in [0.1, 0.15) is 0 Å². The maximum atomic E-state index is 10.7. The monoisotopic (exact) mass is 277 g/mol. The first kappa shape index (κ1) is 13.4. The highest BCUT2D eigenvalue weighted by Gasteiger charge is 2.11. The Labute approximate surface area is 115 Å². The molecule has 0 amide bonds. The third-order valence-electron chi connectivity index (χ3n) is 2.91. The van der Waals surface area contributed by atoms with Gasteiger partial charge in [-0.3, -0.25) is 10.1 Å². The van der Waals surface area contributed by atoms with E-state index in [-0.39, 0.29) is 5.69 Å². The van der Waals surface area contributed by atoms with E-state index < -0.39 is 4.92 Å². The van der Waals surface area contributed by atoms with Gasteiger partial charge >= 0.3 is 0 Å². The van der Waals surface area contributed by atoms with Gasteiger partial charge in [0.15, 0.2) is 0 Å².